The van der Waals surface area contributed by atoms with Crippen LogP contribution in [0, 0.1) is 5.92 Å². The van der Waals surface area contributed by atoms with Crippen LogP contribution in [0.5, 0.6) is 0 Å². The topological polar surface area (TPSA) is 0 Å². The Morgan fingerprint density at radius 3 is 1.62 bits per heavy atom. The van der Waals surface area contributed by atoms with Gasteiger partial charge >= 0.3 is 65.8 Å². The van der Waals surface area contributed by atoms with Crippen molar-refractivity contribution in [1.29, 1.82) is 0 Å². The molecule has 0 amide bonds. The maximum absolute atomic E-state index is 5.65. The molecule has 0 aliphatic rings. The van der Waals surface area contributed by atoms with E-state index in [1.165, 1.54) is 0 Å². The first-order valence-corrected chi connectivity index (χ1v) is 10.0. The predicted octanol–water partition coefficient (Wildman–Crippen LogP) is 3.68. The van der Waals surface area contributed by atoms with Gasteiger partial charge in [0.25, 0.3) is 0 Å². The van der Waals surface area contributed by atoms with Crippen molar-refractivity contribution in [1.82, 2.24) is 0 Å². The Morgan fingerprint density at radius 1 is 1.25 bits per heavy atom. The first-order chi connectivity index (χ1) is 3.42. The molecule has 0 nitrogen and oxygen atoms in total. The Balaban J connectivity index is 3.39. The number of hydrogen-bond donors (Lipinski definition) is 0. The zero-order valence-corrected chi connectivity index (χ0v) is 8.75. The molecule has 0 aromatic carbocycles. The van der Waals surface area contributed by atoms with Gasteiger partial charge in [-0.25, -0.2) is 0 Å². The molecule has 0 aliphatic carbocycles. The van der Waals surface area contributed by atoms with Crippen LogP contribution < -0.4 is 0 Å². The van der Waals surface area contributed by atoms with E-state index in [9.17, 15) is 0 Å². The van der Waals surface area contributed by atoms with E-state index in [2.05, 4.69) is 13.8 Å². The van der Waals surface area contributed by atoms with Crippen LogP contribution in [-0.4, -0.2) is 0 Å². The summed E-state index contributed by atoms with van der Waals surface area (Å²) in [6, 6.07) is 0. The summed E-state index contributed by atoms with van der Waals surface area (Å²) in [5.74, 6) is 0.530. The van der Waals surface area contributed by atoms with Crippen molar-refractivity contribution in [2.24, 2.45) is 5.92 Å². The molecule has 50 valence electrons. The van der Waals surface area contributed by atoms with Crippen molar-refractivity contribution >= 4 is 27.9 Å². The van der Waals surface area contributed by atoms with Gasteiger partial charge in [0.1, 0.15) is 0 Å². The molecule has 0 spiro atoms. The molecule has 0 rings (SSSR count). The molecule has 0 aromatic heterocycles. The van der Waals surface area contributed by atoms with E-state index in [1.807, 2.05) is 0 Å². The van der Waals surface area contributed by atoms with Crippen molar-refractivity contribution in [3.63, 3.8) is 0 Å². The molecule has 0 unspecified atom stereocenters. The Labute approximate surface area is 65.5 Å². The minimum absolute atomic E-state index is 0.530. The molecule has 0 saturated heterocycles. The van der Waals surface area contributed by atoms with Gasteiger partial charge in [-0.3, -0.25) is 0 Å². The molecule has 0 N–H and O–H groups in total. The fourth-order valence-electron chi connectivity index (χ4n) is 0.463. The normalized spacial score (nSPS) is 12.8. The standard InChI is InChI=1S/C4H9.3ClH.Ti/c1-4(2)3;;;;/h4H,1H2,2-3H3;3*1H;/q;;;;+3/p-3. The quantitative estimate of drug-likeness (QED) is 0.611. The van der Waals surface area contributed by atoms with Gasteiger partial charge in [0, 0.05) is 0 Å². The van der Waals surface area contributed by atoms with E-state index in [4.69, 9.17) is 27.9 Å². The van der Waals surface area contributed by atoms with Crippen LogP contribution >= 0.6 is 27.9 Å². The third kappa shape index (κ3) is 7.58. The molecule has 4 heteroatoms. The third-order valence-corrected chi connectivity index (χ3v) is 4.55. The minimum atomic E-state index is -2.74. The van der Waals surface area contributed by atoms with E-state index in [0.29, 0.717) is 5.92 Å². The summed E-state index contributed by atoms with van der Waals surface area (Å²) in [5, 5.41) is 0. The van der Waals surface area contributed by atoms with Gasteiger partial charge in [-0.05, 0) is 0 Å². The second kappa shape index (κ2) is 3.68. The second-order valence-corrected chi connectivity index (χ2v) is 15.1. The molecule has 0 radical (unpaired) electrons. The molecule has 0 saturated carbocycles. The van der Waals surface area contributed by atoms with Gasteiger partial charge in [0.15, 0.2) is 0 Å². The summed E-state index contributed by atoms with van der Waals surface area (Å²) < 4.78 is 0.810. The van der Waals surface area contributed by atoms with Crippen molar-refractivity contribution in [3.05, 3.63) is 0 Å². The summed E-state index contributed by atoms with van der Waals surface area (Å²) in [6.45, 7) is 4.13. The average Bonchev–Trinajstić information content (AvgIpc) is 1.21. The third-order valence-electron chi connectivity index (χ3n) is 0.640. The van der Waals surface area contributed by atoms with Gasteiger partial charge in [-0.2, -0.15) is 0 Å². The summed E-state index contributed by atoms with van der Waals surface area (Å²) in [6.07, 6.45) is 0. The van der Waals surface area contributed by atoms with Crippen LogP contribution in [0.3, 0.4) is 0 Å². The molecular weight excluding hydrogens is 202 g/mol. The summed E-state index contributed by atoms with van der Waals surface area (Å²) in [5.41, 5.74) is 0. The molecule has 0 heterocycles. The number of rotatable bonds is 2. The van der Waals surface area contributed by atoms with E-state index < -0.39 is 13.4 Å². The van der Waals surface area contributed by atoms with Crippen LogP contribution in [0.15, 0.2) is 0 Å². The molecular formula is C4H9Cl3Ti. The predicted molar refractivity (Wildman–Crippen MR) is 37.2 cm³/mol. The molecule has 8 heavy (non-hydrogen) atoms. The molecule has 0 fully saturated rings. The molecule has 0 atom stereocenters. The van der Waals surface area contributed by atoms with E-state index in [1.54, 1.807) is 0 Å². The molecule has 0 bridgehead atoms. The number of halogens is 3. The van der Waals surface area contributed by atoms with Crippen LogP contribution in [0.2, 0.25) is 4.73 Å². The van der Waals surface area contributed by atoms with Gasteiger partial charge in [0.2, 0.25) is 0 Å². The van der Waals surface area contributed by atoms with Gasteiger partial charge in [-0.15, -0.1) is 0 Å². The van der Waals surface area contributed by atoms with Crippen molar-refractivity contribution < 1.29 is 13.4 Å². The Hall–Kier alpha value is 1.58. The summed E-state index contributed by atoms with van der Waals surface area (Å²) in [4.78, 5) is 0. The number of hydrogen-bond acceptors (Lipinski definition) is 0. The SMILES string of the molecule is CC(C)[CH2][Ti]([Cl])([Cl])[Cl]. The van der Waals surface area contributed by atoms with Gasteiger partial charge in [0.05, 0.1) is 0 Å². The van der Waals surface area contributed by atoms with Crippen molar-refractivity contribution in [2.45, 2.75) is 18.6 Å². The van der Waals surface area contributed by atoms with Crippen LogP contribution in [0.25, 0.3) is 0 Å². The first-order valence-electron chi connectivity index (χ1n) is 2.48. The Bertz CT molecular complexity index is 66.2. The zero-order valence-electron chi connectivity index (χ0n) is 4.92. The van der Waals surface area contributed by atoms with Crippen molar-refractivity contribution in [2.75, 3.05) is 0 Å². The average molecular weight is 211 g/mol. The Kier molecular flexibility index (Phi) is 4.41. The van der Waals surface area contributed by atoms with E-state index >= 15 is 0 Å². The van der Waals surface area contributed by atoms with Gasteiger partial charge in [-0.1, -0.05) is 0 Å². The second-order valence-electron chi connectivity index (χ2n) is 2.21. The van der Waals surface area contributed by atoms with Crippen LogP contribution in [0.1, 0.15) is 13.8 Å². The van der Waals surface area contributed by atoms with Crippen LogP contribution in [-0.2, 0) is 13.4 Å². The fraction of sp³-hybridized carbons (Fsp3) is 1.00. The summed E-state index contributed by atoms with van der Waals surface area (Å²) in [7, 11) is 16.9. The first kappa shape index (κ1) is 9.58. The van der Waals surface area contributed by atoms with E-state index in [-0.39, 0.29) is 0 Å². The summed E-state index contributed by atoms with van der Waals surface area (Å²) >= 11 is -2.74. The molecule has 0 aromatic rings. The monoisotopic (exact) mass is 210 g/mol. The van der Waals surface area contributed by atoms with Crippen LogP contribution in [0.4, 0.5) is 0 Å². The molecule has 0 aliphatic heterocycles. The van der Waals surface area contributed by atoms with Gasteiger partial charge < -0.3 is 0 Å². The zero-order chi connectivity index (χ0) is 6.78. The fourth-order valence-corrected chi connectivity index (χ4v) is 5.73. The van der Waals surface area contributed by atoms with Crippen molar-refractivity contribution in [3.8, 4) is 0 Å². The Morgan fingerprint density at radius 2 is 1.62 bits per heavy atom. The maximum atomic E-state index is 5.65. The van der Waals surface area contributed by atoms with E-state index in [0.717, 1.165) is 4.73 Å².